The molecule has 0 aliphatic carbocycles. The minimum Gasteiger partial charge on any atom is -0.494 e. The van der Waals surface area contributed by atoms with Crippen molar-refractivity contribution in [2.45, 2.75) is 19.9 Å². The number of rotatable bonds is 5. The number of urea groups is 1. The molecule has 0 saturated carbocycles. The van der Waals surface area contributed by atoms with Crippen molar-refractivity contribution < 1.29 is 14.3 Å². The third-order valence-corrected chi connectivity index (χ3v) is 5.07. The molecule has 0 saturated heterocycles. The van der Waals surface area contributed by atoms with E-state index in [1.54, 1.807) is 19.1 Å². The molecular formula is C24H23N3O3. The summed E-state index contributed by atoms with van der Waals surface area (Å²) in [6.07, 6.45) is 0. The van der Waals surface area contributed by atoms with Crippen molar-refractivity contribution in [2.24, 2.45) is 0 Å². The Labute approximate surface area is 174 Å². The molecule has 4 rings (SSSR count). The van der Waals surface area contributed by atoms with Gasteiger partial charge in [-0.25, -0.2) is 4.79 Å². The summed E-state index contributed by atoms with van der Waals surface area (Å²) in [5, 5.41) is 10.6. The first-order valence-electron chi connectivity index (χ1n) is 9.87. The monoisotopic (exact) mass is 401 g/mol. The van der Waals surface area contributed by atoms with Crippen LogP contribution in [0.15, 0.2) is 78.0 Å². The smallest absolute Gasteiger partial charge is 0.319 e. The average Bonchev–Trinajstić information content (AvgIpc) is 2.74. The van der Waals surface area contributed by atoms with Crippen LogP contribution in [0.4, 0.5) is 10.5 Å². The Hall–Kier alpha value is -3.80. The first-order valence-corrected chi connectivity index (χ1v) is 9.87. The molecule has 0 spiro atoms. The van der Waals surface area contributed by atoms with E-state index in [-0.39, 0.29) is 11.9 Å². The Kier molecular flexibility index (Phi) is 5.39. The number of hydrogen-bond donors (Lipinski definition) is 3. The number of ether oxygens (including phenoxy) is 1. The second-order valence-electron chi connectivity index (χ2n) is 7.05. The van der Waals surface area contributed by atoms with Crippen molar-refractivity contribution in [1.29, 1.82) is 0 Å². The van der Waals surface area contributed by atoms with Crippen LogP contribution in [-0.2, 0) is 4.79 Å². The Morgan fingerprint density at radius 3 is 2.53 bits per heavy atom. The molecule has 1 heterocycles. The normalized spacial score (nSPS) is 16.1. The number of benzene rings is 3. The van der Waals surface area contributed by atoms with E-state index >= 15 is 0 Å². The summed E-state index contributed by atoms with van der Waals surface area (Å²) in [6.45, 7) is 4.24. The molecule has 0 aromatic heterocycles. The van der Waals surface area contributed by atoms with E-state index < -0.39 is 6.04 Å². The molecule has 3 N–H and O–H groups in total. The first-order chi connectivity index (χ1) is 14.6. The van der Waals surface area contributed by atoms with E-state index in [4.69, 9.17) is 4.74 Å². The fraction of sp³-hybridized carbons (Fsp3) is 0.167. The lowest BCUT2D eigenvalue weighted by atomic mass is 9.91. The lowest BCUT2D eigenvalue weighted by Gasteiger charge is -2.29. The third-order valence-electron chi connectivity index (χ3n) is 5.07. The predicted octanol–water partition coefficient (Wildman–Crippen LogP) is 4.51. The van der Waals surface area contributed by atoms with Crippen molar-refractivity contribution >= 4 is 28.4 Å². The van der Waals surface area contributed by atoms with Crippen LogP contribution >= 0.6 is 0 Å². The van der Waals surface area contributed by atoms with Gasteiger partial charge in [0, 0.05) is 11.4 Å². The van der Waals surface area contributed by atoms with Gasteiger partial charge in [0.05, 0.1) is 18.2 Å². The van der Waals surface area contributed by atoms with E-state index in [2.05, 4.69) is 16.0 Å². The van der Waals surface area contributed by atoms with Gasteiger partial charge in [0.1, 0.15) is 5.75 Å². The van der Waals surface area contributed by atoms with Crippen LogP contribution in [0, 0.1) is 0 Å². The molecule has 1 unspecified atom stereocenters. The van der Waals surface area contributed by atoms with Gasteiger partial charge >= 0.3 is 6.03 Å². The Morgan fingerprint density at radius 1 is 1.03 bits per heavy atom. The van der Waals surface area contributed by atoms with Crippen LogP contribution in [-0.4, -0.2) is 18.5 Å². The fourth-order valence-electron chi connectivity index (χ4n) is 3.73. The summed E-state index contributed by atoms with van der Waals surface area (Å²) in [6, 6.07) is 20.1. The first kappa shape index (κ1) is 19.5. The van der Waals surface area contributed by atoms with Gasteiger partial charge in [0.15, 0.2) is 0 Å². The maximum atomic E-state index is 13.2. The van der Waals surface area contributed by atoms with Gasteiger partial charge in [-0.2, -0.15) is 0 Å². The zero-order valence-electron chi connectivity index (χ0n) is 16.9. The topological polar surface area (TPSA) is 79.5 Å². The van der Waals surface area contributed by atoms with E-state index in [1.807, 2.05) is 61.5 Å². The number of fused-ring (bicyclic) bond motifs is 1. The molecular weight excluding hydrogens is 378 g/mol. The highest BCUT2D eigenvalue weighted by atomic mass is 16.5. The van der Waals surface area contributed by atoms with Crippen molar-refractivity contribution in [3.05, 3.63) is 83.6 Å². The molecule has 1 aliphatic rings. The number of anilines is 1. The zero-order chi connectivity index (χ0) is 21.1. The summed E-state index contributed by atoms with van der Waals surface area (Å²) in [5.41, 5.74) is 2.52. The number of amides is 3. The lowest BCUT2D eigenvalue weighted by Crippen LogP contribution is -2.46. The Balaban J connectivity index is 1.69. The molecule has 0 bridgehead atoms. The molecule has 3 aromatic carbocycles. The second kappa shape index (κ2) is 8.29. The quantitative estimate of drug-likeness (QED) is 0.589. The number of allylic oxidation sites excluding steroid dienone is 1. The molecule has 3 amide bonds. The van der Waals surface area contributed by atoms with Gasteiger partial charge in [-0.15, -0.1) is 0 Å². The number of hydrogen-bond acceptors (Lipinski definition) is 3. The van der Waals surface area contributed by atoms with Crippen LogP contribution in [0.1, 0.15) is 25.5 Å². The number of nitrogens with one attached hydrogen (secondary N) is 3. The van der Waals surface area contributed by atoms with Gasteiger partial charge in [0.2, 0.25) is 0 Å². The number of carbonyl (C=O) groups is 2. The van der Waals surface area contributed by atoms with Crippen LogP contribution in [0.25, 0.3) is 10.8 Å². The second-order valence-corrected chi connectivity index (χ2v) is 7.05. The minimum absolute atomic E-state index is 0.276. The Bertz CT molecular complexity index is 1130. The molecule has 152 valence electrons. The van der Waals surface area contributed by atoms with Crippen LogP contribution in [0.5, 0.6) is 5.75 Å². The van der Waals surface area contributed by atoms with E-state index in [9.17, 15) is 9.59 Å². The van der Waals surface area contributed by atoms with Gasteiger partial charge in [-0.1, -0.05) is 42.5 Å². The average molecular weight is 401 g/mol. The molecule has 30 heavy (non-hydrogen) atoms. The summed E-state index contributed by atoms with van der Waals surface area (Å²) in [4.78, 5) is 25.4. The third kappa shape index (κ3) is 3.85. The largest absolute Gasteiger partial charge is 0.494 e. The maximum Gasteiger partial charge on any atom is 0.319 e. The van der Waals surface area contributed by atoms with E-state index in [0.717, 1.165) is 22.1 Å². The van der Waals surface area contributed by atoms with Crippen molar-refractivity contribution in [1.82, 2.24) is 10.6 Å². The van der Waals surface area contributed by atoms with Gasteiger partial charge in [-0.05, 0) is 54.4 Å². The van der Waals surface area contributed by atoms with Crippen LogP contribution < -0.4 is 20.7 Å². The number of carbonyl (C=O) groups excluding carboxylic acids is 2. The van der Waals surface area contributed by atoms with Crippen LogP contribution in [0.2, 0.25) is 0 Å². The summed E-state index contributed by atoms with van der Waals surface area (Å²) < 4.78 is 5.45. The standard InChI is InChI=1S/C24H23N3O3/c1-3-30-18-13-11-17(12-14-18)26-23(28)21-15(2)25-24(29)27-22(21)20-10-6-8-16-7-4-5-9-19(16)20/h4-14,22H,3H2,1-2H3,(H,26,28)(H2,25,27,29). The molecule has 1 aliphatic heterocycles. The molecule has 3 aromatic rings. The highest BCUT2D eigenvalue weighted by molar-refractivity contribution is 6.07. The molecule has 6 nitrogen and oxygen atoms in total. The maximum absolute atomic E-state index is 13.2. The highest BCUT2D eigenvalue weighted by Gasteiger charge is 2.32. The summed E-state index contributed by atoms with van der Waals surface area (Å²) in [5.74, 6) is 0.466. The minimum atomic E-state index is -0.562. The highest BCUT2D eigenvalue weighted by Crippen LogP contribution is 2.32. The SMILES string of the molecule is CCOc1ccc(NC(=O)C2=C(C)NC(=O)NC2c2cccc3ccccc23)cc1. The summed E-state index contributed by atoms with van der Waals surface area (Å²) >= 11 is 0. The van der Waals surface area contributed by atoms with Crippen LogP contribution in [0.3, 0.4) is 0 Å². The zero-order valence-corrected chi connectivity index (χ0v) is 16.9. The molecule has 1 atom stereocenters. The molecule has 6 heteroatoms. The lowest BCUT2D eigenvalue weighted by molar-refractivity contribution is -0.113. The van der Waals surface area contributed by atoms with E-state index in [0.29, 0.717) is 23.6 Å². The van der Waals surface area contributed by atoms with Gasteiger partial charge in [0.25, 0.3) is 5.91 Å². The van der Waals surface area contributed by atoms with Crippen molar-refractivity contribution in [3.8, 4) is 5.75 Å². The Morgan fingerprint density at radius 2 is 1.77 bits per heavy atom. The van der Waals surface area contributed by atoms with Gasteiger partial charge < -0.3 is 20.7 Å². The fourth-order valence-corrected chi connectivity index (χ4v) is 3.73. The van der Waals surface area contributed by atoms with Gasteiger partial charge in [-0.3, -0.25) is 4.79 Å². The van der Waals surface area contributed by atoms with E-state index in [1.165, 1.54) is 0 Å². The molecule has 0 fully saturated rings. The van der Waals surface area contributed by atoms with Crippen molar-refractivity contribution in [3.63, 3.8) is 0 Å². The summed E-state index contributed by atoms with van der Waals surface area (Å²) in [7, 11) is 0. The predicted molar refractivity (Wildman–Crippen MR) is 117 cm³/mol. The molecule has 0 radical (unpaired) electrons. The van der Waals surface area contributed by atoms with Crippen molar-refractivity contribution in [2.75, 3.05) is 11.9 Å².